The van der Waals surface area contributed by atoms with Crippen LogP contribution in [0.4, 0.5) is 0 Å². The van der Waals surface area contributed by atoms with Crippen LogP contribution in [0, 0.1) is 5.92 Å². The third-order valence-corrected chi connectivity index (χ3v) is 3.51. The second kappa shape index (κ2) is 7.08. The Balaban J connectivity index is 1.97. The number of benzene rings is 1. The molecule has 0 radical (unpaired) electrons. The molecule has 21 heavy (non-hydrogen) atoms. The minimum atomic E-state index is -1.04. The highest BCUT2D eigenvalue weighted by molar-refractivity contribution is 5.85. The minimum Gasteiger partial charge on any atom is -0.497 e. The van der Waals surface area contributed by atoms with E-state index in [0.717, 1.165) is 5.56 Å². The quantitative estimate of drug-likeness (QED) is 0.812. The van der Waals surface area contributed by atoms with E-state index in [1.54, 1.807) is 31.4 Å². The van der Waals surface area contributed by atoms with Gasteiger partial charge in [0.1, 0.15) is 11.8 Å². The van der Waals surface area contributed by atoms with Gasteiger partial charge < -0.3 is 19.9 Å². The number of ether oxygens (including phenoxy) is 2. The van der Waals surface area contributed by atoms with Crippen LogP contribution >= 0.6 is 0 Å². The van der Waals surface area contributed by atoms with E-state index in [4.69, 9.17) is 9.47 Å². The summed E-state index contributed by atoms with van der Waals surface area (Å²) in [5.74, 6) is -0.841. The first-order valence-corrected chi connectivity index (χ1v) is 6.84. The molecule has 0 spiro atoms. The standard InChI is InChI=1S/C15H19NO5/c1-20-12-4-2-10(3-5-12)8-13(15(18)19)16-14(17)11-6-7-21-9-11/h2-5,11,13H,6-9H2,1H3,(H,16,17)(H,18,19)/t11-,13+/m1/s1. The van der Waals surface area contributed by atoms with Crippen molar-refractivity contribution in [2.45, 2.75) is 18.9 Å². The average Bonchev–Trinajstić information content (AvgIpc) is 3.01. The third-order valence-electron chi connectivity index (χ3n) is 3.51. The molecule has 6 nitrogen and oxygen atoms in total. The first kappa shape index (κ1) is 15.3. The Morgan fingerprint density at radius 2 is 2.14 bits per heavy atom. The van der Waals surface area contributed by atoms with E-state index in [9.17, 15) is 14.7 Å². The molecule has 1 amide bonds. The van der Waals surface area contributed by atoms with Gasteiger partial charge in [-0.05, 0) is 24.1 Å². The number of carboxylic acids is 1. The summed E-state index contributed by atoms with van der Waals surface area (Å²) in [4.78, 5) is 23.3. The van der Waals surface area contributed by atoms with Crippen LogP contribution in [0.15, 0.2) is 24.3 Å². The fourth-order valence-corrected chi connectivity index (χ4v) is 2.23. The lowest BCUT2D eigenvalue weighted by atomic mass is 10.0. The SMILES string of the molecule is COc1ccc(C[C@H](NC(=O)[C@@H]2CCOC2)C(=O)O)cc1. The third kappa shape index (κ3) is 4.19. The molecule has 0 bridgehead atoms. The summed E-state index contributed by atoms with van der Waals surface area (Å²) in [6.45, 7) is 0.912. The van der Waals surface area contributed by atoms with Gasteiger partial charge >= 0.3 is 5.97 Å². The molecular formula is C15H19NO5. The number of aliphatic carboxylic acids is 1. The van der Waals surface area contributed by atoms with E-state index in [1.807, 2.05) is 0 Å². The summed E-state index contributed by atoms with van der Waals surface area (Å²) in [6, 6.07) is 6.17. The number of hydrogen-bond acceptors (Lipinski definition) is 4. The van der Waals surface area contributed by atoms with Crippen LogP contribution in [0.25, 0.3) is 0 Å². The van der Waals surface area contributed by atoms with Crippen LogP contribution in [0.3, 0.4) is 0 Å². The van der Waals surface area contributed by atoms with E-state index < -0.39 is 12.0 Å². The molecule has 1 aliphatic heterocycles. The molecular weight excluding hydrogens is 274 g/mol. The summed E-state index contributed by atoms with van der Waals surface area (Å²) < 4.78 is 10.2. The Morgan fingerprint density at radius 1 is 1.43 bits per heavy atom. The molecule has 2 rings (SSSR count). The van der Waals surface area contributed by atoms with Crippen molar-refractivity contribution in [3.05, 3.63) is 29.8 Å². The van der Waals surface area contributed by atoms with Gasteiger partial charge in [-0.1, -0.05) is 12.1 Å². The molecule has 0 saturated carbocycles. The predicted octanol–water partition coefficient (Wildman–Crippen LogP) is 0.844. The normalized spacial score (nSPS) is 19.0. The van der Waals surface area contributed by atoms with E-state index in [-0.39, 0.29) is 18.2 Å². The molecule has 1 aliphatic rings. The topological polar surface area (TPSA) is 84.9 Å². The first-order chi connectivity index (χ1) is 10.1. The van der Waals surface area contributed by atoms with Crippen molar-refractivity contribution in [2.24, 2.45) is 5.92 Å². The zero-order chi connectivity index (χ0) is 15.2. The number of amides is 1. The largest absolute Gasteiger partial charge is 0.497 e. The molecule has 2 N–H and O–H groups in total. The number of nitrogens with one attached hydrogen (secondary N) is 1. The summed E-state index contributed by atoms with van der Waals surface area (Å²) in [6.07, 6.45) is 0.874. The summed E-state index contributed by atoms with van der Waals surface area (Å²) in [7, 11) is 1.57. The Labute approximate surface area is 123 Å². The maximum absolute atomic E-state index is 12.0. The summed E-state index contributed by atoms with van der Waals surface area (Å²) in [5.41, 5.74) is 0.825. The van der Waals surface area contributed by atoms with E-state index in [2.05, 4.69) is 5.32 Å². The molecule has 114 valence electrons. The van der Waals surface area contributed by atoms with Crippen LogP contribution in [0.2, 0.25) is 0 Å². The number of hydrogen-bond donors (Lipinski definition) is 2. The van der Waals surface area contributed by atoms with Crippen LogP contribution in [0.1, 0.15) is 12.0 Å². The molecule has 6 heteroatoms. The predicted molar refractivity (Wildman–Crippen MR) is 75.2 cm³/mol. The van der Waals surface area contributed by atoms with Gasteiger partial charge in [-0.25, -0.2) is 4.79 Å². The lowest BCUT2D eigenvalue weighted by molar-refractivity contribution is -0.142. The van der Waals surface area contributed by atoms with Gasteiger partial charge in [-0.3, -0.25) is 4.79 Å². The van der Waals surface area contributed by atoms with E-state index in [1.165, 1.54) is 0 Å². The van der Waals surface area contributed by atoms with Crippen LogP contribution in [-0.4, -0.2) is 43.3 Å². The Bertz CT molecular complexity index is 493. The van der Waals surface area contributed by atoms with Gasteiger partial charge in [-0.15, -0.1) is 0 Å². The lowest BCUT2D eigenvalue weighted by Gasteiger charge is -2.17. The average molecular weight is 293 g/mol. The molecule has 1 saturated heterocycles. The Hall–Kier alpha value is -2.08. The van der Waals surface area contributed by atoms with Crippen molar-refractivity contribution >= 4 is 11.9 Å². The molecule has 2 atom stereocenters. The van der Waals surface area contributed by atoms with Gasteiger partial charge in [0, 0.05) is 13.0 Å². The zero-order valence-corrected chi connectivity index (χ0v) is 11.9. The van der Waals surface area contributed by atoms with Gasteiger partial charge in [0.25, 0.3) is 0 Å². The summed E-state index contributed by atoms with van der Waals surface area (Å²) in [5, 5.41) is 11.8. The Kier molecular flexibility index (Phi) is 5.16. The maximum atomic E-state index is 12.0. The highest BCUT2D eigenvalue weighted by Gasteiger charge is 2.28. The molecule has 0 aliphatic carbocycles. The van der Waals surface area contributed by atoms with Crippen molar-refractivity contribution in [2.75, 3.05) is 20.3 Å². The number of carbonyl (C=O) groups excluding carboxylic acids is 1. The van der Waals surface area contributed by atoms with Crippen LogP contribution in [-0.2, 0) is 20.7 Å². The van der Waals surface area contributed by atoms with Gasteiger partial charge in [0.2, 0.25) is 5.91 Å². The van der Waals surface area contributed by atoms with Crippen molar-refractivity contribution < 1.29 is 24.2 Å². The van der Waals surface area contributed by atoms with E-state index in [0.29, 0.717) is 25.4 Å². The van der Waals surface area contributed by atoms with Crippen molar-refractivity contribution in [1.29, 1.82) is 0 Å². The number of rotatable bonds is 6. The second-order valence-electron chi connectivity index (χ2n) is 5.01. The molecule has 0 aromatic heterocycles. The molecule has 1 aromatic rings. The number of methoxy groups -OCH3 is 1. The van der Waals surface area contributed by atoms with E-state index >= 15 is 0 Å². The fourth-order valence-electron chi connectivity index (χ4n) is 2.23. The van der Waals surface area contributed by atoms with Crippen molar-refractivity contribution in [1.82, 2.24) is 5.32 Å². The van der Waals surface area contributed by atoms with Gasteiger partial charge in [-0.2, -0.15) is 0 Å². The second-order valence-corrected chi connectivity index (χ2v) is 5.01. The van der Waals surface area contributed by atoms with Crippen LogP contribution < -0.4 is 10.1 Å². The lowest BCUT2D eigenvalue weighted by Crippen LogP contribution is -2.45. The first-order valence-electron chi connectivity index (χ1n) is 6.84. The van der Waals surface area contributed by atoms with Gasteiger partial charge in [0.05, 0.1) is 19.6 Å². The molecule has 1 aromatic carbocycles. The highest BCUT2D eigenvalue weighted by Crippen LogP contribution is 2.15. The maximum Gasteiger partial charge on any atom is 0.326 e. The fraction of sp³-hybridized carbons (Fsp3) is 0.467. The van der Waals surface area contributed by atoms with Gasteiger partial charge in [0.15, 0.2) is 0 Å². The van der Waals surface area contributed by atoms with Crippen LogP contribution in [0.5, 0.6) is 5.75 Å². The number of carboxylic acid groups (broad SMARTS) is 1. The summed E-state index contributed by atoms with van der Waals surface area (Å²) >= 11 is 0. The Morgan fingerprint density at radius 3 is 2.67 bits per heavy atom. The highest BCUT2D eigenvalue weighted by atomic mass is 16.5. The monoisotopic (exact) mass is 293 g/mol. The molecule has 1 fully saturated rings. The number of carbonyl (C=O) groups is 2. The van der Waals surface area contributed by atoms with Crippen molar-refractivity contribution in [3.63, 3.8) is 0 Å². The molecule has 1 heterocycles. The molecule has 0 unspecified atom stereocenters. The van der Waals surface area contributed by atoms with Crippen molar-refractivity contribution in [3.8, 4) is 5.75 Å². The smallest absolute Gasteiger partial charge is 0.326 e. The zero-order valence-electron chi connectivity index (χ0n) is 11.9. The minimum absolute atomic E-state index is 0.235.